The Bertz CT molecular complexity index is 625. The number of carbonyl (C=O) groups is 1. The number of hydrogen-bond acceptors (Lipinski definition) is 2. The highest BCUT2D eigenvalue weighted by Gasteiger charge is 2.16. The maximum Gasteiger partial charge on any atom is 0.354 e. The summed E-state index contributed by atoms with van der Waals surface area (Å²) in [5, 5.41) is 11.3. The molecule has 2 rings (SSSR count). The molecule has 0 bridgehead atoms. The van der Waals surface area contributed by atoms with Crippen LogP contribution in [0.2, 0.25) is 0 Å². The van der Waals surface area contributed by atoms with Crippen LogP contribution < -0.4 is 5.56 Å². The Balaban J connectivity index is 2.61. The van der Waals surface area contributed by atoms with Crippen molar-refractivity contribution in [3.05, 3.63) is 51.7 Å². The van der Waals surface area contributed by atoms with Gasteiger partial charge in [0.25, 0.3) is 5.56 Å². The topological polar surface area (TPSA) is 75.1 Å². The standard InChI is InChI=1S/C11H9FN2O3/c1-6-9(11(16)17)13-14(10(6)15)8-4-2-7(12)3-5-8/h2-5,13H,1H3,(H,16,17). The molecule has 1 aromatic heterocycles. The van der Waals surface area contributed by atoms with Crippen LogP contribution in [0.3, 0.4) is 0 Å². The van der Waals surface area contributed by atoms with Crippen LogP contribution in [-0.2, 0) is 0 Å². The highest BCUT2D eigenvalue weighted by atomic mass is 19.1. The molecule has 2 aromatic rings. The molecule has 1 heterocycles. The third-order valence-electron chi connectivity index (χ3n) is 2.42. The third-order valence-corrected chi connectivity index (χ3v) is 2.42. The van der Waals surface area contributed by atoms with Gasteiger partial charge in [0, 0.05) is 5.56 Å². The van der Waals surface area contributed by atoms with Crippen LogP contribution in [0.15, 0.2) is 29.1 Å². The summed E-state index contributed by atoms with van der Waals surface area (Å²) in [4.78, 5) is 22.6. The van der Waals surface area contributed by atoms with E-state index in [1.165, 1.54) is 31.2 Å². The molecule has 0 amide bonds. The summed E-state index contributed by atoms with van der Waals surface area (Å²) in [5.74, 6) is -1.64. The minimum Gasteiger partial charge on any atom is -0.477 e. The Morgan fingerprint density at radius 3 is 2.41 bits per heavy atom. The number of carboxylic acid groups (broad SMARTS) is 1. The lowest BCUT2D eigenvalue weighted by Gasteiger charge is -2.00. The number of aromatic amines is 1. The first-order valence-electron chi connectivity index (χ1n) is 4.81. The molecule has 0 saturated carbocycles. The zero-order valence-corrected chi connectivity index (χ0v) is 8.90. The van der Waals surface area contributed by atoms with E-state index in [0.717, 1.165) is 4.68 Å². The minimum absolute atomic E-state index is 0.113. The summed E-state index contributed by atoms with van der Waals surface area (Å²) in [6.45, 7) is 1.42. The number of H-pyrrole nitrogens is 1. The van der Waals surface area contributed by atoms with Gasteiger partial charge in [-0.15, -0.1) is 0 Å². The lowest BCUT2D eigenvalue weighted by atomic mass is 10.3. The zero-order valence-electron chi connectivity index (χ0n) is 8.90. The third kappa shape index (κ3) is 1.84. The smallest absolute Gasteiger partial charge is 0.354 e. The van der Waals surface area contributed by atoms with Gasteiger partial charge in [0.1, 0.15) is 11.5 Å². The van der Waals surface area contributed by atoms with E-state index in [2.05, 4.69) is 5.10 Å². The average molecular weight is 236 g/mol. The minimum atomic E-state index is -1.21. The van der Waals surface area contributed by atoms with Gasteiger partial charge in [-0.25, -0.2) is 13.9 Å². The first-order valence-corrected chi connectivity index (χ1v) is 4.81. The molecule has 0 saturated heterocycles. The number of nitrogens with zero attached hydrogens (tertiary/aromatic N) is 1. The summed E-state index contributed by atoms with van der Waals surface area (Å²) < 4.78 is 13.8. The molecule has 2 N–H and O–H groups in total. The van der Waals surface area contributed by atoms with Gasteiger partial charge in [-0.2, -0.15) is 0 Å². The Kier molecular flexibility index (Phi) is 2.55. The maximum absolute atomic E-state index is 12.7. The van der Waals surface area contributed by atoms with Gasteiger partial charge in [-0.1, -0.05) is 0 Å². The summed E-state index contributed by atoms with van der Waals surface area (Å²) in [7, 11) is 0. The number of benzene rings is 1. The largest absolute Gasteiger partial charge is 0.477 e. The zero-order chi connectivity index (χ0) is 12.6. The van der Waals surface area contributed by atoms with Gasteiger partial charge < -0.3 is 5.11 Å². The molecule has 0 radical (unpaired) electrons. The molecule has 1 aromatic carbocycles. The fourth-order valence-corrected chi connectivity index (χ4v) is 1.50. The summed E-state index contributed by atoms with van der Waals surface area (Å²) in [5.41, 5.74) is -0.137. The monoisotopic (exact) mass is 236 g/mol. The normalized spacial score (nSPS) is 10.5. The molecule has 0 aliphatic carbocycles. The molecule has 5 nitrogen and oxygen atoms in total. The second-order valence-electron chi connectivity index (χ2n) is 3.53. The number of halogens is 1. The summed E-state index contributed by atoms with van der Waals surface area (Å²) >= 11 is 0. The number of carboxylic acids is 1. The molecule has 0 atom stereocenters. The Hall–Kier alpha value is -2.37. The number of hydrogen-bond donors (Lipinski definition) is 2. The molecule has 0 aliphatic heterocycles. The lowest BCUT2D eigenvalue weighted by molar-refractivity contribution is 0.0689. The Morgan fingerprint density at radius 2 is 1.94 bits per heavy atom. The van der Waals surface area contributed by atoms with Crippen molar-refractivity contribution in [3.8, 4) is 5.69 Å². The molecular weight excluding hydrogens is 227 g/mol. The molecule has 0 fully saturated rings. The van der Waals surface area contributed by atoms with Gasteiger partial charge in [0.15, 0.2) is 0 Å². The van der Waals surface area contributed by atoms with Crippen molar-refractivity contribution in [1.29, 1.82) is 0 Å². The molecule has 88 valence electrons. The van der Waals surface area contributed by atoms with Crippen LogP contribution in [0.25, 0.3) is 5.69 Å². The van der Waals surface area contributed by atoms with E-state index >= 15 is 0 Å². The molecule has 0 unspecified atom stereocenters. The van der Waals surface area contributed by atoms with E-state index in [4.69, 9.17) is 5.11 Å². The number of rotatable bonds is 2. The maximum atomic E-state index is 12.7. The van der Waals surface area contributed by atoms with Crippen LogP contribution in [-0.4, -0.2) is 20.9 Å². The fourth-order valence-electron chi connectivity index (χ4n) is 1.50. The van der Waals surface area contributed by atoms with E-state index in [1.807, 2.05) is 0 Å². The quantitative estimate of drug-likeness (QED) is 0.825. The summed E-state index contributed by atoms with van der Waals surface area (Å²) in [6, 6.07) is 5.16. The molecule has 6 heteroatoms. The van der Waals surface area contributed by atoms with Crippen LogP contribution in [0, 0.1) is 12.7 Å². The van der Waals surface area contributed by atoms with E-state index in [0.29, 0.717) is 5.69 Å². The van der Waals surface area contributed by atoms with Crippen molar-refractivity contribution in [2.45, 2.75) is 6.92 Å². The van der Waals surface area contributed by atoms with Crippen molar-refractivity contribution in [2.24, 2.45) is 0 Å². The first-order chi connectivity index (χ1) is 8.00. The number of aromatic nitrogens is 2. The van der Waals surface area contributed by atoms with Gasteiger partial charge in [0.05, 0.1) is 5.69 Å². The van der Waals surface area contributed by atoms with Crippen molar-refractivity contribution in [3.63, 3.8) is 0 Å². The van der Waals surface area contributed by atoms with E-state index in [-0.39, 0.29) is 11.3 Å². The van der Waals surface area contributed by atoms with E-state index in [9.17, 15) is 14.0 Å². The predicted octanol–water partition coefficient (Wildman–Crippen LogP) is 1.31. The molecular formula is C11H9FN2O3. The Morgan fingerprint density at radius 1 is 1.35 bits per heavy atom. The predicted molar refractivity (Wildman–Crippen MR) is 58.0 cm³/mol. The second-order valence-corrected chi connectivity index (χ2v) is 3.53. The van der Waals surface area contributed by atoms with Crippen LogP contribution in [0.1, 0.15) is 16.1 Å². The van der Waals surface area contributed by atoms with Gasteiger partial charge in [0.2, 0.25) is 0 Å². The van der Waals surface area contributed by atoms with Crippen LogP contribution >= 0.6 is 0 Å². The second kappa shape index (κ2) is 3.89. The van der Waals surface area contributed by atoms with E-state index < -0.39 is 17.3 Å². The fraction of sp³-hybridized carbons (Fsp3) is 0.0909. The van der Waals surface area contributed by atoms with Gasteiger partial charge in [-0.3, -0.25) is 9.89 Å². The van der Waals surface area contributed by atoms with Crippen molar-refractivity contribution < 1.29 is 14.3 Å². The first kappa shape index (κ1) is 11.1. The van der Waals surface area contributed by atoms with Crippen molar-refractivity contribution in [2.75, 3.05) is 0 Å². The van der Waals surface area contributed by atoms with Gasteiger partial charge >= 0.3 is 5.97 Å². The summed E-state index contributed by atoms with van der Waals surface area (Å²) in [6.07, 6.45) is 0. The van der Waals surface area contributed by atoms with Crippen molar-refractivity contribution in [1.82, 2.24) is 9.78 Å². The van der Waals surface area contributed by atoms with Crippen LogP contribution in [0.5, 0.6) is 0 Å². The number of aromatic carboxylic acids is 1. The van der Waals surface area contributed by atoms with Gasteiger partial charge in [-0.05, 0) is 31.2 Å². The average Bonchev–Trinajstić information content (AvgIpc) is 2.58. The Labute approximate surface area is 95.1 Å². The SMILES string of the molecule is Cc1c(C(=O)O)[nH]n(-c2ccc(F)cc2)c1=O. The highest BCUT2D eigenvalue weighted by molar-refractivity contribution is 5.86. The lowest BCUT2D eigenvalue weighted by Crippen LogP contribution is -2.15. The van der Waals surface area contributed by atoms with Crippen LogP contribution in [0.4, 0.5) is 4.39 Å². The van der Waals surface area contributed by atoms with Crippen molar-refractivity contribution >= 4 is 5.97 Å². The van der Waals surface area contributed by atoms with E-state index in [1.54, 1.807) is 0 Å². The molecule has 17 heavy (non-hydrogen) atoms. The molecule has 0 aliphatic rings. The highest BCUT2D eigenvalue weighted by Crippen LogP contribution is 2.08. The number of nitrogens with one attached hydrogen (secondary N) is 1. The molecule has 0 spiro atoms.